The van der Waals surface area contributed by atoms with Gasteiger partial charge in [0, 0.05) is 12.7 Å². The van der Waals surface area contributed by atoms with Crippen LogP contribution in [0.15, 0.2) is 35.6 Å². The topological polar surface area (TPSA) is 54.9 Å². The molecule has 0 aliphatic carbocycles. The predicted octanol–water partition coefficient (Wildman–Crippen LogP) is 3.04. The normalized spacial score (nSPS) is 10.5. The van der Waals surface area contributed by atoms with E-state index < -0.39 is 0 Å². The number of aryl methyl sites for hydroxylation is 2. The first-order valence-corrected chi connectivity index (χ1v) is 8.60. The first-order chi connectivity index (χ1) is 10.6. The Morgan fingerprint density at radius 3 is 2.64 bits per heavy atom. The molecule has 1 heterocycles. The van der Waals surface area contributed by atoms with Gasteiger partial charge in [-0.25, -0.2) is 9.97 Å². The highest BCUT2D eigenvalue weighted by atomic mass is 32.2. The number of nitrogens with one attached hydrogen (secondary N) is 1. The lowest BCUT2D eigenvalue weighted by Crippen LogP contribution is -2.27. The summed E-state index contributed by atoms with van der Waals surface area (Å²) >= 11 is 1.48. The van der Waals surface area contributed by atoms with E-state index >= 15 is 0 Å². The molecule has 4 nitrogen and oxygen atoms in total. The lowest BCUT2D eigenvalue weighted by Gasteiger charge is -2.09. The molecule has 0 aliphatic rings. The fraction of sp³-hybridized carbons (Fsp3) is 0.353. The second-order valence-corrected chi connectivity index (χ2v) is 5.84. The van der Waals surface area contributed by atoms with Crippen molar-refractivity contribution in [1.82, 2.24) is 15.3 Å². The number of carbonyl (C=O) groups excluding carboxylic acids is 1. The van der Waals surface area contributed by atoms with E-state index in [1.807, 2.05) is 13.2 Å². The monoisotopic (exact) mass is 315 g/mol. The van der Waals surface area contributed by atoms with Crippen molar-refractivity contribution >= 4 is 17.7 Å². The van der Waals surface area contributed by atoms with Crippen LogP contribution in [0.5, 0.6) is 0 Å². The van der Waals surface area contributed by atoms with E-state index in [4.69, 9.17) is 0 Å². The van der Waals surface area contributed by atoms with Crippen molar-refractivity contribution in [1.29, 1.82) is 0 Å². The number of amides is 1. The first-order valence-electron chi connectivity index (χ1n) is 7.37. The van der Waals surface area contributed by atoms with Crippen LogP contribution in [-0.4, -0.2) is 28.7 Å². The van der Waals surface area contributed by atoms with E-state index in [1.165, 1.54) is 22.9 Å². The van der Waals surface area contributed by atoms with Crippen molar-refractivity contribution in [2.75, 3.05) is 12.8 Å². The Morgan fingerprint density at radius 1 is 1.27 bits per heavy atom. The molecule has 0 saturated heterocycles. The molecule has 116 valence electrons. The predicted molar refractivity (Wildman–Crippen MR) is 90.4 cm³/mol. The number of hydrogen-bond acceptors (Lipinski definition) is 4. The highest BCUT2D eigenvalue weighted by molar-refractivity contribution is 7.98. The second-order valence-electron chi connectivity index (χ2n) is 5.06. The van der Waals surface area contributed by atoms with Crippen molar-refractivity contribution in [2.24, 2.45) is 0 Å². The van der Waals surface area contributed by atoms with Crippen molar-refractivity contribution in [2.45, 2.75) is 31.8 Å². The number of benzene rings is 1. The molecule has 5 heteroatoms. The smallest absolute Gasteiger partial charge is 0.254 e. The largest absolute Gasteiger partial charge is 0.352 e. The van der Waals surface area contributed by atoms with E-state index in [-0.39, 0.29) is 5.91 Å². The Bertz CT molecular complexity index is 641. The van der Waals surface area contributed by atoms with Gasteiger partial charge in [0.15, 0.2) is 5.16 Å². The SMILES string of the molecule is CCc1nc(SC)ncc1C(=O)NCCc1ccc(C)cc1. The standard InChI is InChI=1S/C17H21N3OS/c1-4-15-14(11-19-17(20-15)22-3)16(21)18-10-9-13-7-5-12(2)6-8-13/h5-8,11H,4,9-10H2,1-3H3,(H,18,21). The molecule has 0 saturated carbocycles. The zero-order valence-electron chi connectivity index (χ0n) is 13.2. The number of rotatable bonds is 6. The van der Waals surface area contributed by atoms with Gasteiger partial charge in [-0.1, -0.05) is 48.5 Å². The van der Waals surface area contributed by atoms with Crippen LogP contribution in [0, 0.1) is 6.92 Å². The van der Waals surface area contributed by atoms with E-state index in [9.17, 15) is 4.79 Å². The zero-order chi connectivity index (χ0) is 15.9. The summed E-state index contributed by atoms with van der Waals surface area (Å²) in [5.41, 5.74) is 3.83. The second kappa shape index (κ2) is 7.94. The van der Waals surface area contributed by atoms with Crippen molar-refractivity contribution in [3.05, 3.63) is 52.8 Å². The van der Waals surface area contributed by atoms with Gasteiger partial charge >= 0.3 is 0 Å². The van der Waals surface area contributed by atoms with Crippen LogP contribution < -0.4 is 5.32 Å². The van der Waals surface area contributed by atoms with Crippen LogP contribution in [0.1, 0.15) is 34.1 Å². The Hall–Kier alpha value is -1.88. The molecule has 1 aromatic carbocycles. The van der Waals surface area contributed by atoms with Gasteiger partial charge in [-0.2, -0.15) is 0 Å². The summed E-state index contributed by atoms with van der Waals surface area (Å²) < 4.78 is 0. The Morgan fingerprint density at radius 2 is 2.00 bits per heavy atom. The highest BCUT2D eigenvalue weighted by Crippen LogP contribution is 2.12. The molecule has 0 spiro atoms. The van der Waals surface area contributed by atoms with Crippen molar-refractivity contribution in [3.8, 4) is 0 Å². The highest BCUT2D eigenvalue weighted by Gasteiger charge is 2.12. The molecule has 0 bridgehead atoms. The number of thioether (sulfide) groups is 1. The number of nitrogens with zero attached hydrogens (tertiary/aromatic N) is 2. The first kappa shape index (κ1) is 16.5. The van der Waals surface area contributed by atoms with Crippen LogP contribution in [0.25, 0.3) is 0 Å². The summed E-state index contributed by atoms with van der Waals surface area (Å²) in [6, 6.07) is 8.35. The maximum atomic E-state index is 12.3. The van der Waals surface area contributed by atoms with E-state index in [0.717, 1.165) is 18.5 Å². The molecule has 0 aliphatic heterocycles. The van der Waals surface area contributed by atoms with Gasteiger partial charge in [0.05, 0.1) is 11.3 Å². The summed E-state index contributed by atoms with van der Waals surface area (Å²) in [6.07, 6.45) is 5.09. The third kappa shape index (κ3) is 4.31. The molecule has 0 fully saturated rings. The molecule has 2 aromatic rings. The van der Waals surface area contributed by atoms with Gasteiger partial charge in [0.2, 0.25) is 0 Å². The molecule has 2 rings (SSSR count). The summed E-state index contributed by atoms with van der Waals surface area (Å²) in [7, 11) is 0. The third-order valence-corrected chi connectivity index (χ3v) is 3.99. The molecule has 1 aromatic heterocycles. The molecule has 0 unspecified atom stereocenters. The van der Waals surface area contributed by atoms with Gasteiger partial charge < -0.3 is 5.32 Å². The van der Waals surface area contributed by atoms with Crippen LogP contribution in [0.4, 0.5) is 0 Å². The molecule has 1 N–H and O–H groups in total. The average Bonchev–Trinajstić information content (AvgIpc) is 2.55. The lowest BCUT2D eigenvalue weighted by molar-refractivity contribution is 0.0952. The van der Waals surface area contributed by atoms with Gasteiger partial charge in [-0.05, 0) is 31.6 Å². The fourth-order valence-corrected chi connectivity index (χ4v) is 2.49. The third-order valence-electron chi connectivity index (χ3n) is 3.43. The van der Waals surface area contributed by atoms with Crippen molar-refractivity contribution in [3.63, 3.8) is 0 Å². The van der Waals surface area contributed by atoms with Crippen LogP contribution in [0.2, 0.25) is 0 Å². The number of carbonyl (C=O) groups is 1. The Kier molecular flexibility index (Phi) is 5.95. The van der Waals surface area contributed by atoms with E-state index in [1.54, 1.807) is 6.20 Å². The fourth-order valence-electron chi connectivity index (χ4n) is 2.13. The molecule has 0 atom stereocenters. The summed E-state index contributed by atoms with van der Waals surface area (Å²) in [5, 5.41) is 3.65. The Labute approximate surface area is 135 Å². The number of hydrogen-bond donors (Lipinski definition) is 1. The van der Waals surface area contributed by atoms with Crippen LogP contribution >= 0.6 is 11.8 Å². The zero-order valence-corrected chi connectivity index (χ0v) is 14.0. The van der Waals surface area contributed by atoms with E-state index in [2.05, 4.69) is 46.5 Å². The quantitative estimate of drug-likeness (QED) is 0.657. The van der Waals surface area contributed by atoms with Gasteiger partial charge in [0.1, 0.15) is 0 Å². The maximum absolute atomic E-state index is 12.3. The molecular weight excluding hydrogens is 294 g/mol. The van der Waals surface area contributed by atoms with Crippen LogP contribution in [0.3, 0.4) is 0 Å². The maximum Gasteiger partial charge on any atom is 0.254 e. The van der Waals surface area contributed by atoms with Gasteiger partial charge in [-0.3, -0.25) is 4.79 Å². The summed E-state index contributed by atoms with van der Waals surface area (Å²) in [6.45, 7) is 4.67. The van der Waals surface area contributed by atoms with Crippen LogP contribution in [-0.2, 0) is 12.8 Å². The Balaban J connectivity index is 1.96. The molecular formula is C17H21N3OS. The minimum atomic E-state index is -0.100. The summed E-state index contributed by atoms with van der Waals surface area (Å²) in [4.78, 5) is 20.9. The molecule has 22 heavy (non-hydrogen) atoms. The van der Waals surface area contributed by atoms with Gasteiger partial charge in [-0.15, -0.1) is 0 Å². The van der Waals surface area contributed by atoms with E-state index in [0.29, 0.717) is 17.3 Å². The average molecular weight is 315 g/mol. The molecule has 1 amide bonds. The lowest BCUT2D eigenvalue weighted by atomic mass is 10.1. The van der Waals surface area contributed by atoms with Gasteiger partial charge in [0.25, 0.3) is 5.91 Å². The van der Waals surface area contributed by atoms with Crippen molar-refractivity contribution < 1.29 is 4.79 Å². The minimum absolute atomic E-state index is 0.100. The minimum Gasteiger partial charge on any atom is -0.352 e. The molecule has 0 radical (unpaired) electrons. The number of aromatic nitrogens is 2. The summed E-state index contributed by atoms with van der Waals surface area (Å²) in [5.74, 6) is -0.100.